The molecule has 2 aromatic carbocycles. The van der Waals surface area contributed by atoms with Gasteiger partial charge < -0.3 is 53.1 Å². The number of ether oxygens (including phenoxy) is 6. The number of aromatic nitrogens is 3. The van der Waals surface area contributed by atoms with Crippen LogP contribution in [0.1, 0.15) is 82.8 Å². The fraction of sp³-hybridized carbons (Fsp3) is 0.422. The van der Waals surface area contributed by atoms with Crippen LogP contribution in [0, 0.1) is 0 Å². The number of benzene rings is 2. The maximum atomic E-state index is 14.2. The highest BCUT2D eigenvalue weighted by molar-refractivity contribution is 6.06. The van der Waals surface area contributed by atoms with Crippen LogP contribution in [0.5, 0.6) is 11.5 Å². The standard InChI is InChI=1S/C45H53N7O11/c1-6-20-62-45(57)52-33-25-36(35(58-4)24-31(33)42(55)51-19-9-7-12-32(51)43(52)63-39-14-8-10-21-61-39)60-22-11-13-38(53)47-37-27-50(3)40(48-37)41(54)46-30-17-15-28(16-18-30)29-23-34(44(56)59-5)49(2)26-29/h6,15-18,23-27,32,39,43H,1,7-14,19-22H2,2-5H3,(H,46,54)(H,47,53)/t32-,39?,43?/m0/s1. The number of carbonyl (C=O) groups excluding carboxylic acids is 5. The van der Waals surface area contributed by atoms with E-state index in [4.69, 9.17) is 28.4 Å². The number of nitrogens with zero attached hydrogens (tertiary/aromatic N) is 5. The van der Waals surface area contributed by atoms with Gasteiger partial charge in [-0.15, -0.1) is 0 Å². The topological polar surface area (TPSA) is 194 Å². The second kappa shape index (κ2) is 20.0. The van der Waals surface area contributed by atoms with E-state index in [1.165, 1.54) is 29.8 Å². The molecule has 2 fully saturated rings. The highest BCUT2D eigenvalue weighted by Crippen LogP contribution is 2.42. The average Bonchev–Trinajstić information content (AvgIpc) is 3.85. The second-order valence-corrected chi connectivity index (χ2v) is 15.4. The van der Waals surface area contributed by atoms with Crippen molar-refractivity contribution in [1.29, 1.82) is 0 Å². The number of methoxy groups -OCH3 is 2. The molecule has 2 saturated heterocycles. The molecule has 18 heteroatoms. The van der Waals surface area contributed by atoms with Gasteiger partial charge in [-0.05, 0) is 74.8 Å². The van der Waals surface area contributed by atoms with Crippen LogP contribution in [-0.4, -0.2) is 108 Å². The first-order chi connectivity index (χ1) is 30.5. The summed E-state index contributed by atoms with van der Waals surface area (Å²) in [7, 11) is 6.19. The summed E-state index contributed by atoms with van der Waals surface area (Å²) >= 11 is 0. The van der Waals surface area contributed by atoms with Gasteiger partial charge in [-0.2, -0.15) is 0 Å². The molecular formula is C45H53N7O11. The Balaban J connectivity index is 0.994. The number of anilines is 3. The molecule has 0 aliphatic carbocycles. The molecule has 3 atom stereocenters. The van der Waals surface area contributed by atoms with E-state index >= 15 is 0 Å². The first kappa shape index (κ1) is 44.4. The number of rotatable bonds is 15. The average molecular weight is 868 g/mol. The molecule has 3 aliphatic heterocycles. The number of esters is 1. The first-order valence-corrected chi connectivity index (χ1v) is 21.0. The maximum Gasteiger partial charge on any atom is 0.416 e. The lowest BCUT2D eigenvalue weighted by atomic mass is 10.00. The number of hydrogen-bond acceptors (Lipinski definition) is 12. The lowest BCUT2D eigenvalue weighted by Gasteiger charge is -2.42. The highest BCUT2D eigenvalue weighted by atomic mass is 16.7. The molecule has 7 rings (SSSR count). The first-order valence-electron chi connectivity index (χ1n) is 21.0. The summed E-state index contributed by atoms with van der Waals surface area (Å²) in [5.41, 5.74) is 3.07. The zero-order valence-electron chi connectivity index (χ0n) is 35.9. The largest absolute Gasteiger partial charge is 0.493 e. The Kier molecular flexibility index (Phi) is 14.1. The van der Waals surface area contributed by atoms with E-state index in [2.05, 4.69) is 22.2 Å². The minimum absolute atomic E-state index is 0.0483. The molecular weight excluding hydrogens is 815 g/mol. The van der Waals surface area contributed by atoms with Crippen molar-refractivity contribution in [3.8, 4) is 22.6 Å². The molecule has 4 amide bonds. The normalized spacial score (nSPS) is 18.3. The van der Waals surface area contributed by atoms with Crippen LogP contribution >= 0.6 is 0 Å². The molecule has 5 heterocycles. The predicted molar refractivity (Wildman–Crippen MR) is 231 cm³/mol. The van der Waals surface area contributed by atoms with Gasteiger partial charge in [0.2, 0.25) is 11.7 Å². The SMILES string of the molecule is C=CCOC(=O)N1c2cc(OCCCC(=O)Nc3cn(C)c(C(=O)Nc4ccc(-c5cc(C(=O)OC)n(C)c5)cc4)n3)c(OC)cc2C(=O)N2CCCC[C@H]2C1OC1CCCCO1. The van der Waals surface area contributed by atoms with E-state index in [1.807, 2.05) is 18.3 Å². The summed E-state index contributed by atoms with van der Waals surface area (Å²) in [6, 6.07) is 11.5. The summed E-state index contributed by atoms with van der Waals surface area (Å²) in [5.74, 6) is -0.739. The molecule has 0 bridgehead atoms. The number of imidazole rings is 1. The quantitative estimate of drug-likeness (QED) is 0.0773. The fourth-order valence-electron chi connectivity index (χ4n) is 8.01. The molecule has 3 aliphatic rings. The summed E-state index contributed by atoms with van der Waals surface area (Å²) in [6.07, 6.45) is 7.71. The summed E-state index contributed by atoms with van der Waals surface area (Å²) in [5, 5.41) is 5.56. The van der Waals surface area contributed by atoms with Gasteiger partial charge in [0.15, 0.2) is 29.8 Å². The number of nitrogens with one attached hydrogen (secondary N) is 2. The van der Waals surface area contributed by atoms with Gasteiger partial charge in [-0.3, -0.25) is 14.4 Å². The van der Waals surface area contributed by atoms with Gasteiger partial charge in [0.1, 0.15) is 12.3 Å². The van der Waals surface area contributed by atoms with E-state index in [-0.39, 0.29) is 72.3 Å². The Morgan fingerprint density at radius 1 is 0.937 bits per heavy atom. The summed E-state index contributed by atoms with van der Waals surface area (Å²) in [4.78, 5) is 73.9. The van der Waals surface area contributed by atoms with E-state index < -0.39 is 36.5 Å². The molecule has 2 aromatic heterocycles. The summed E-state index contributed by atoms with van der Waals surface area (Å²) < 4.78 is 38.0. The van der Waals surface area contributed by atoms with Crippen molar-refractivity contribution in [2.24, 2.45) is 14.1 Å². The van der Waals surface area contributed by atoms with Gasteiger partial charge in [0, 0.05) is 63.4 Å². The molecule has 0 saturated carbocycles. The molecule has 0 radical (unpaired) electrons. The zero-order chi connectivity index (χ0) is 44.6. The Hall–Kier alpha value is -6.66. The second-order valence-electron chi connectivity index (χ2n) is 15.4. The molecule has 2 unspecified atom stereocenters. The van der Waals surface area contributed by atoms with Crippen LogP contribution in [0.3, 0.4) is 0 Å². The fourth-order valence-corrected chi connectivity index (χ4v) is 8.01. The minimum atomic E-state index is -0.907. The van der Waals surface area contributed by atoms with Crippen LogP contribution < -0.4 is 25.0 Å². The van der Waals surface area contributed by atoms with Crippen LogP contribution in [0.15, 0.2) is 67.5 Å². The molecule has 18 nitrogen and oxygen atoms in total. The highest BCUT2D eigenvalue weighted by Gasteiger charge is 2.47. The van der Waals surface area contributed by atoms with Crippen LogP contribution in [0.25, 0.3) is 11.1 Å². The maximum absolute atomic E-state index is 14.2. The minimum Gasteiger partial charge on any atom is -0.493 e. The third kappa shape index (κ3) is 10.0. The lowest BCUT2D eigenvalue weighted by molar-refractivity contribution is -0.198. The third-order valence-corrected chi connectivity index (χ3v) is 11.1. The molecule has 2 N–H and O–H groups in total. The molecule has 334 valence electrons. The van der Waals surface area contributed by atoms with Crippen molar-refractivity contribution in [1.82, 2.24) is 19.0 Å². The van der Waals surface area contributed by atoms with Crippen LogP contribution in [0.2, 0.25) is 0 Å². The van der Waals surface area contributed by atoms with E-state index in [9.17, 15) is 24.0 Å². The number of amides is 4. The van der Waals surface area contributed by atoms with E-state index in [0.29, 0.717) is 37.4 Å². The van der Waals surface area contributed by atoms with Crippen molar-refractivity contribution in [2.75, 3.05) is 56.1 Å². The Labute approximate surface area is 365 Å². The monoisotopic (exact) mass is 867 g/mol. The van der Waals surface area contributed by atoms with Crippen molar-refractivity contribution in [2.45, 2.75) is 69.9 Å². The van der Waals surface area contributed by atoms with Crippen molar-refractivity contribution in [3.63, 3.8) is 0 Å². The van der Waals surface area contributed by atoms with Crippen molar-refractivity contribution >= 4 is 47.0 Å². The molecule has 4 aromatic rings. The van der Waals surface area contributed by atoms with Gasteiger partial charge in [-0.1, -0.05) is 24.8 Å². The lowest BCUT2D eigenvalue weighted by Crippen LogP contribution is -2.57. The van der Waals surface area contributed by atoms with Crippen LogP contribution in [0.4, 0.5) is 22.0 Å². The van der Waals surface area contributed by atoms with Gasteiger partial charge >= 0.3 is 12.1 Å². The predicted octanol–water partition coefficient (Wildman–Crippen LogP) is 6.28. The number of aryl methyl sites for hydroxylation is 2. The molecule has 0 spiro atoms. The Bertz CT molecular complexity index is 2330. The van der Waals surface area contributed by atoms with E-state index in [1.54, 1.807) is 60.1 Å². The number of piperidine rings is 1. The number of hydrogen-bond donors (Lipinski definition) is 2. The third-order valence-electron chi connectivity index (χ3n) is 11.1. The summed E-state index contributed by atoms with van der Waals surface area (Å²) in [6.45, 7) is 4.73. The number of fused-ring (bicyclic) bond motifs is 2. The van der Waals surface area contributed by atoms with Gasteiger partial charge in [0.25, 0.3) is 11.8 Å². The molecule has 63 heavy (non-hydrogen) atoms. The van der Waals surface area contributed by atoms with Crippen LogP contribution in [-0.2, 0) is 37.8 Å². The van der Waals surface area contributed by atoms with Crippen molar-refractivity contribution in [3.05, 3.63) is 84.6 Å². The number of carbonyl (C=O) groups is 5. The Morgan fingerprint density at radius 2 is 1.73 bits per heavy atom. The smallest absolute Gasteiger partial charge is 0.416 e. The van der Waals surface area contributed by atoms with Gasteiger partial charge in [0.05, 0.1) is 38.1 Å². The van der Waals surface area contributed by atoms with Gasteiger partial charge in [-0.25, -0.2) is 19.5 Å². The Morgan fingerprint density at radius 3 is 2.46 bits per heavy atom. The van der Waals surface area contributed by atoms with E-state index in [0.717, 1.165) is 36.8 Å². The van der Waals surface area contributed by atoms with Crippen molar-refractivity contribution < 1.29 is 52.4 Å². The zero-order valence-corrected chi connectivity index (χ0v) is 35.9.